The maximum Gasteiger partial charge on any atom is 0.319 e. The summed E-state index contributed by atoms with van der Waals surface area (Å²) in [6, 6.07) is 1.83. The Balaban J connectivity index is 1.46. The van der Waals surface area contributed by atoms with Gasteiger partial charge in [0.15, 0.2) is 0 Å². The summed E-state index contributed by atoms with van der Waals surface area (Å²) in [6.07, 6.45) is 6.97. The van der Waals surface area contributed by atoms with Gasteiger partial charge in [0, 0.05) is 45.5 Å². The summed E-state index contributed by atoms with van der Waals surface area (Å²) in [6.45, 7) is 5.10. The third-order valence-electron chi connectivity index (χ3n) is 5.40. The van der Waals surface area contributed by atoms with E-state index < -0.39 is 0 Å². The highest BCUT2D eigenvalue weighted by Crippen LogP contribution is 2.18. The molecule has 0 radical (unpaired) electrons. The van der Waals surface area contributed by atoms with E-state index in [-0.39, 0.29) is 24.1 Å². The van der Waals surface area contributed by atoms with Crippen molar-refractivity contribution in [2.45, 2.75) is 44.7 Å². The van der Waals surface area contributed by atoms with Crippen LogP contribution in [-0.2, 0) is 0 Å². The number of aromatic nitrogens is 2. The van der Waals surface area contributed by atoms with E-state index in [4.69, 9.17) is 0 Å². The largest absolute Gasteiger partial charge is 0.335 e. The number of carbonyl (C=O) groups is 2. The molecule has 0 aliphatic carbocycles. The number of hydrogen-bond acceptors (Lipinski definition) is 4. The molecule has 1 atom stereocenters. The fourth-order valence-corrected chi connectivity index (χ4v) is 3.52. The van der Waals surface area contributed by atoms with E-state index >= 15 is 0 Å². The molecule has 1 aromatic rings. The summed E-state index contributed by atoms with van der Waals surface area (Å²) in [5.41, 5.74) is 0.809. The minimum absolute atomic E-state index is 0.102. The van der Waals surface area contributed by atoms with Crippen molar-refractivity contribution in [3.63, 3.8) is 0 Å². The Kier molecular flexibility index (Phi) is 5.90. The van der Waals surface area contributed by atoms with Crippen LogP contribution >= 0.6 is 0 Å². The minimum atomic E-state index is -0.130. The van der Waals surface area contributed by atoms with Crippen molar-refractivity contribution in [1.82, 2.24) is 30.0 Å². The molecule has 2 saturated heterocycles. The molecular formula is C18H28N6O2. The van der Waals surface area contributed by atoms with Crippen LogP contribution in [-0.4, -0.2) is 76.0 Å². The summed E-state index contributed by atoms with van der Waals surface area (Å²) < 4.78 is 0. The van der Waals surface area contributed by atoms with Gasteiger partial charge in [-0.3, -0.25) is 0 Å². The molecular weight excluding hydrogens is 332 g/mol. The van der Waals surface area contributed by atoms with Gasteiger partial charge in [0.2, 0.25) is 0 Å². The lowest BCUT2D eigenvalue weighted by Crippen LogP contribution is -2.52. The normalized spacial score (nSPS) is 19.3. The lowest BCUT2D eigenvalue weighted by molar-refractivity contribution is 0.142. The first kappa shape index (κ1) is 18.4. The van der Waals surface area contributed by atoms with E-state index in [0.29, 0.717) is 13.1 Å². The lowest BCUT2D eigenvalue weighted by atomic mass is 10.1. The number of carbonyl (C=O) groups excluding carboxylic acids is 2. The Bertz CT molecular complexity index is 611. The number of rotatable bonds is 3. The average molecular weight is 360 g/mol. The molecule has 0 unspecified atom stereocenters. The monoisotopic (exact) mass is 360 g/mol. The molecule has 2 aliphatic heterocycles. The smallest absolute Gasteiger partial charge is 0.319 e. The van der Waals surface area contributed by atoms with Crippen LogP contribution in [0, 0.1) is 0 Å². The van der Waals surface area contributed by atoms with E-state index in [9.17, 15) is 9.59 Å². The first-order valence-corrected chi connectivity index (χ1v) is 9.39. The Morgan fingerprint density at radius 3 is 2.46 bits per heavy atom. The number of nitrogens with one attached hydrogen (secondary N) is 1. The zero-order valence-corrected chi connectivity index (χ0v) is 15.6. The van der Waals surface area contributed by atoms with E-state index in [1.54, 1.807) is 18.1 Å². The summed E-state index contributed by atoms with van der Waals surface area (Å²) in [4.78, 5) is 38.6. The third kappa shape index (κ3) is 4.23. The van der Waals surface area contributed by atoms with Crippen LogP contribution in [0.1, 0.15) is 44.3 Å². The van der Waals surface area contributed by atoms with Gasteiger partial charge in [-0.25, -0.2) is 19.6 Å². The van der Waals surface area contributed by atoms with Gasteiger partial charge in [-0.15, -0.1) is 0 Å². The van der Waals surface area contributed by atoms with Gasteiger partial charge in [0.25, 0.3) is 0 Å². The molecule has 4 amide bonds. The van der Waals surface area contributed by atoms with Crippen LogP contribution in [0.4, 0.5) is 9.59 Å². The highest BCUT2D eigenvalue weighted by Gasteiger charge is 2.29. The van der Waals surface area contributed by atoms with Crippen molar-refractivity contribution in [3.8, 4) is 0 Å². The Morgan fingerprint density at radius 1 is 1.19 bits per heavy atom. The second-order valence-electron chi connectivity index (χ2n) is 7.11. The molecule has 3 rings (SSSR count). The van der Waals surface area contributed by atoms with E-state index in [0.717, 1.165) is 44.5 Å². The van der Waals surface area contributed by atoms with Crippen molar-refractivity contribution >= 4 is 12.1 Å². The summed E-state index contributed by atoms with van der Waals surface area (Å²) in [7, 11) is 1.77. The number of hydrogen-bond donors (Lipinski definition) is 1. The molecule has 1 N–H and O–H groups in total. The van der Waals surface area contributed by atoms with Crippen LogP contribution in [0.15, 0.2) is 18.6 Å². The Hall–Kier alpha value is -2.38. The van der Waals surface area contributed by atoms with Gasteiger partial charge in [-0.2, -0.15) is 0 Å². The minimum Gasteiger partial charge on any atom is -0.335 e. The first-order valence-electron chi connectivity index (χ1n) is 9.39. The van der Waals surface area contributed by atoms with Gasteiger partial charge >= 0.3 is 12.1 Å². The summed E-state index contributed by atoms with van der Waals surface area (Å²) in [5, 5.41) is 3.09. The van der Waals surface area contributed by atoms with Gasteiger partial charge < -0.3 is 20.0 Å². The maximum atomic E-state index is 12.5. The molecule has 8 nitrogen and oxygen atoms in total. The number of nitrogens with zero attached hydrogens (tertiary/aromatic N) is 5. The number of piperidine rings is 1. The molecule has 142 valence electrons. The first-order chi connectivity index (χ1) is 12.6. The molecule has 26 heavy (non-hydrogen) atoms. The zero-order valence-electron chi connectivity index (χ0n) is 15.6. The molecule has 0 spiro atoms. The molecule has 3 heterocycles. The quantitative estimate of drug-likeness (QED) is 0.892. The lowest BCUT2D eigenvalue weighted by Gasteiger charge is -2.35. The summed E-state index contributed by atoms with van der Waals surface area (Å²) >= 11 is 0. The van der Waals surface area contributed by atoms with Crippen LogP contribution in [0.25, 0.3) is 0 Å². The average Bonchev–Trinajstić information content (AvgIpc) is 3.22. The van der Waals surface area contributed by atoms with Crippen molar-refractivity contribution in [2.75, 3.05) is 33.2 Å². The molecule has 0 aromatic carbocycles. The van der Waals surface area contributed by atoms with Crippen LogP contribution in [0.3, 0.4) is 0 Å². The highest BCUT2D eigenvalue weighted by atomic mass is 16.2. The van der Waals surface area contributed by atoms with Crippen LogP contribution in [0.5, 0.6) is 0 Å². The molecule has 0 saturated carbocycles. The second-order valence-corrected chi connectivity index (χ2v) is 7.11. The molecule has 2 fully saturated rings. The fourth-order valence-electron chi connectivity index (χ4n) is 3.52. The molecule has 1 aromatic heterocycles. The van der Waals surface area contributed by atoms with Gasteiger partial charge in [0.1, 0.15) is 6.33 Å². The van der Waals surface area contributed by atoms with Gasteiger partial charge in [-0.1, -0.05) is 0 Å². The standard InChI is InChI=1S/C18H28N6O2/c1-14(16-5-8-19-13-20-16)22(2)17(25)21-15-6-11-24(12-7-15)18(26)23-9-3-4-10-23/h5,8,13-15H,3-4,6-7,9-12H2,1-2H3,(H,21,25)/t14-/m1/s1. The molecule has 0 bridgehead atoms. The fraction of sp³-hybridized carbons (Fsp3) is 0.667. The van der Waals surface area contributed by atoms with Crippen molar-refractivity contribution in [3.05, 3.63) is 24.3 Å². The Labute approximate surface area is 154 Å². The van der Waals surface area contributed by atoms with Crippen molar-refractivity contribution in [2.24, 2.45) is 0 Å². The molecule has 2 aliphatic rings. The Morgan fingerprint density at radius 2 is 1.85 bits per heavy atom. The van der Waals surface area contributed by atoms with Crippen molar-refractivity contribution < 1.29 is 9.59 Å². The van der Waals surface area contributed by atoms with E-state index in [1.165, 1.54) is 6.33 Å². The van der Waals surface area contributed by atoms with Crippen LogP contribution < -0.4 is 5.32 Å². The molecule has 8 heteroatoms. The van der Waals surface area contributed by atoms with Gasteiger partial charge in [-0.05, 0) is 38.7 Å². The van der Waals surface area contributed by atoms with Crippen LogP contribution in [0.2, 0.25) is 0 Å². The second kappa shape index (κ2) is 8.33. The zero-order chi connectivity index (χ0) is 18.5. The SMILES string of the molecule is C[C@H](c1ccncn1)N(C)C(=O)NC1CCN(C(=O)N2CCCC2)CC1. The van der Waals surface area contributed by atoms with Gasteiger partial charge in [0.05, 0.1) is 11.7 Å². The third-order valence-corrected chi connectivity index (χ3v) is 5.40. The predicted octanol–water partition coefficient (Wildman–Crippen LogP) is 1.86. The van der Waals surface area contributed by atoms with Crippen molar-refractivity contribution in [1.29, 1.82) is 0 Å². The highest BCUT2D eigenvalue weighted by molar-refractivity contribution is 5.76. The van der Waals surface area contributed by atoms with E-state index in [1.807, 2.05) is 22.8 Å². The predicted molar refractivity (Wildman–Crippen MR) is 97.5 cm³/mol. The maximum absolute atomic E-state index is 12.5. The number of likely N-dealkylation sites (tertiary alicyclic amines) is 2. The summed E-state index contributed by atoms with van der Waals surface area (Å²) in [5.74, 6) is 0. The number of urea groups is 2. The topological polar surface area (TPSA) is 81.7 Å². The van der Waals surface area contributed by atoms with E-state index in [2.05, 4.69) is 15.3 Å². The number of amides is 4.